The molecule has 0 aliphatic carbocycles. The van der Waals surface area contributed by atoms with Gasteiger partial charge in [-0.25, -0.2) is 4.79 Å². The molecular weight excluding hydrogens is 282 g/mol. The lowest BCUT2D eigenvalue weighted by atomic mass is 9.92. The van der Waals surface area contributed by atoms with E-state index >= 15 is 0 Å². The van der Waals surface area contributed by atoms with Gasteiger partial charge < -0.3 is 10.1 Å². The molecule has 0 radical (unpaired) electrons. The number of hydrogen-bond acceptors (Lipinski definition) is 4. The van der Waals surface area contributed by atoms with Gasteiger partial charge in [0.05, 0.1) is 7.11 Å². The topological polar surface area (TPSA) is 38.3 Å². The number of nitrogens with one attached hydrogen (secondary N) is 1. The van der Waals surface area contributed by atoms with E-state index in [9.17, 15) is 4.79 Å². The summed E-state index contributed by atoms with van der Waals surface area (Å²) in [5, 5.41) is 3.16. The molecule has 3 nitrogen and oxygen atoms in total. The van der Waals surface area contributed by atoms with Crippen LogP contribution in [0, 0.1) is 0 Å². The normalized spacial score (nSPS) is 13.4. The summed E-state index contributed by atoms with van der Waals surface area (Å²) in [6, 6.07) is 19.7. The van der Waals surface area contributed by atoms with E-state index in [0.717, 1.165) is 10.5 Å². The zero-order chi connectivity index (χ0) is 15.1. The van der Waals surface area contributed by atoms with Crippen molar-refractivity contribution in [3.8, 4) is 0 Å². The lowest BCUT2D eigenvalue weighted by molar-refractivity contribution is -0.147. The molecule has 0 saturated heterocycles. The maximum Gasteiger partial charge on any atom is 0.331 e. The van der Waals surface area contributed by atoms with Crippen LogP contribution in [0.25, 0.3) is 0 Å². The summed E-state index contributed by atoms with van der Waals surface area (Å²) in [6.45, 7) is 0. The molecule has 1 unspecified atom stereocenters. The first kappa shape index (κ1) is 15.6. The van der Waals surface area contributed by atoms with Gasteiger partial charge in [0, 0.05) is 10.6 Å². The van der Waals surface area contributed by atoms with Crippen molar-refractivity contribution in [2.45, 2.75) is 10.4 Å². The second-order valence-corrected chi connectivity index (χ2v) is 5.66. The highest BCUT2D eigenvalue weighted by molar-refractivity contribution is 7.99. The van der Waals surface area contributed by atoms with E-state index in [4.69, 9.17) is 4.74 Å². The lowest BCUT2D eigenvalue weighted by Crippen LogP contribution is -2.50. The van der Waals surface area contributed by atoms with Crippen molar-refractivity contribution >= 4 is 17.7 Å². The van der Waals surface area contributed by atoms with Crippen LogP contribution >= 0.6 is 11.8 Å². The molecule has 0 heterocycles. The quantitative estimate of drug-likeness (QED) is 0.657. The Kier molecular flexibility index (Phi) is 5.42. The first-order valence-electron chi connectivity index (χ1n) is 6.73. The minimum Gasteiger partial charge on any atom is -0.467 e. The molecule has 0 spiro atoms. The van der Waals surface area contributed by atoms with E-state index in [1.54, 1.807) is 18.8 Å². The van der Waals surface area contributed by atoms with Crippen LogP contribution in [0.2, 0.25) is 0 Å². The Morgan fingerprint density at radius 3 is 2.19 bits per heavy atom. The molecule has 2 aromatic carbocycles. The van der Waals surface area contributed by atoms with E-state index in [2.05, 4.69) is 5.32 Å². The Morgan fingerprint density at radius 1 is 1.10 bits per heavy atom. The smallest absolute Gasteiger partial charge is 0.331 e. The Morgan fingerprint density at radius 2 is 1.67 bits per heavy atom. The number of rotatable bonds is 6. The molecule has 4 heteroatoms. The van der Waals surface area contributed by atoms with Crippen LogP contribution in [-0.4, -0.2) is 25.9 Å². The predicted molar refractivity (Wildman–Crippen MR) is 86.4 cm³/mol. The maximum atomic E-state index is 12.4. The number of methoxy groups -OCH3 is 1. The van der Waals surface area contributed by atoms with E-state index in [1.165, 1.54) is 7.11 Å². The van der Waals surface area contributed by atoms with Crippen molar-refractivity contribution in [3.63, 3.8) is 0 Å². The number of hydrogen-bond donors (Lipinski definition) is 1. The van der Waals surface area contributed by atoms with Crippen molar-refractivity contribution in [2.24, 2.45) is 0 Å². The molecule has 2 rings (SSSR count). The Bertz CT molecular complexity index is 574. The first-order chi connectivity index (χ1) is 10.2. The third-order valence-corrected chi connectivity index (χ3v) is 4.61. The zero-order valence-electron chi connectivity index (χ0n) is 12.2. The number of ether oxygens (including phenoxy) is 1. The number of carbonyl (C=O) groups excluding carboxylic acids is 1. The Labute approximate surface area is 129 Å². The molecule has 0 bridgehead atoms. The van der Waals surface area contributed by atoms with Crippen molar-refractivity contribution in [1.29, 1.82) is 0 Å². The third-order valence-electron chi connectivity index (χ3n) is 3.43. The summed E-state index contributed by atoms with van der Waals surface area (Å²) < 4.78 is 5.03. The summed E-state index contributed by atoms with van der Waals surface area (Å²) in [7, 11) is 3.21. The molecule has 0 aliphatic rings. The highest BCUT2D eigenvalue weighted by Gasteiger charge is 2.40. The Hall–Kier alpha value is -1.78. The second kappa shape index (κ2) is 7.29. The van der Waals surface area contributed by atoms with E-state index in [-0.39, 0.29) is 5.97 Å². The van der Waals surface area contributed by atoms with Crippen LogP contribution in [0.3, 0.4) is 0 Å². The van der Waals surface area contributed by atoms with Crippen molar-refractivity contribution in [1.82, 2.24) is 5.32 Å². The van der Waals surface area contributed by atoms with Crippen LogP contribution < -0.4 is 5.32 Å². The summed E-state index contributed by atoms with van der Waals surface area (Å²) >= 11 is 1.63. The van der Waals surface area contributed by atoms with E-state index in [0.29, 0.717) is 5.75 Å². The molecular formula is C17H19NO2S. The summed E-state index contributed by atoms with van der Waals surface area (Å²) in [4.78, 5) is 13.5. The molecule has 110 valence electrons. The minimum atomic E-state index is -0.851. The molecule has 21 heavy (non-hydrogen) atoms. The van der Waals surface area contributed by atoms with Crippen LogP contribution in [-0.2, 0) is 15.1 Å². The summed E-state index contributed by atoms with van der Waals surface area (Å²) in [5.41, 5.74) is 0.0547. The predicted octanol–water partition coefficient (Wildman–Crippen LogP) is 3.07. The maximum absolute atomic E-state index is 12.4. The molecule has 0 aromatic heterocycles. The standard InChI is InChI=1S/C17H19NO2S/c1-18-17(16(19)20-2,14-9-5-3-6-10-14)13-21-15-11-7-4-8-12-15/h3-12,18H,13H2,1-2H3. The van der Waals surface area contributed by atoms with Gasteiger partial charge in [0.15, 0.2) is 5.54 Å². The number of esters is 1. The van der Waals surface area contributed by atoms with Crippen molar-refractivity contribution in [2.75, 3.05) is 19.9 Å². The van der Waals surface area contributed by atoms with Gasteiger partial charge in [0.1, 0.15) is 0 Å². The molecule has 0 fully saturated rings. The fourth-order valence-electron chi connectivity index (χ4n) is 2.18. The van der Waals surface area contributed by atoms with Crippen LogP contribution in [0.4, 0.5) is 0 Å². The second-order valence-electron chi connectivity index (χ2n) is 4.61. The minimum absolute atomic E-state index is 0.278. The third kappa shape index (κ3) is 3.46. The van der Waals surface area contributed by atoms with Gasteiger partial charge in [-0.05, 0) is 24.7 Å². The van der Waals surface area contributed by atoms with E-state index in [1.807, 2.05) is 60.7 Å². The van der Waals surface area contributed by atoms with Crippen molar-refractivity contribution < 1.29 is 9.53 Å². The SMILES string of the molecule is CNC(CSc1ccccc1)(C(=O)OC)c1ccccc1. The highest BCUT2D eigenvalue weighted by Crippen LogP contribution is 2.30. The number of likely N-dealkylation sites (N-methyl/N-ethyl adjacent to an activating group) is 1. The highest BCUT2D eigenvalue weighted by atomic mass is 32.2. The zero-order valence-corrected chi connectivity index (χ0v) is 13.0. The molecule has 0 amide bonds. The molecule has 1 N–H and O–H groups in total. The molecule has 2 aromatic rings. The van der Waals surface area contributed by atoms with Gasteiger partial charge in [-0.3, -0.25) is 0 Å². The van der Waals surface area contributed by atoms with Gasteiger partial charge in [0.2, 0.25) is 0 Å². The van der Waals surface area contributed by atoms with Gasteiger partial charge >= 0.3 is 5.97 Å². The average molecular weight is 301 g/mol. The van der Waals surface area contributed by atoms with Gasteiger partial charge in [0.25, 0.3) is 0 Å². The van der Waals surface area contributed by atoms with Gasteiger partial charge in [-0.1, -0.05) is 48.5 Å². The Balaban J connectivity index is 2.30. The van der Waals surface area contributed by atoms with Crippen LogP contribution in [0.1, 0.15) is 5.56 Å². The largest absolute Gasteiger partial charge is 0.467 e. The summed E-state index contributed by atoms with van der Waals surface area (Å²) in [5.74, 6) is 0.282. The lowest BCUT2D eigenvalue weighted by Gasteiger charge is -2.30. The van der Waals surface area contributed by atoms with Crippen molar-refractivity contribution in [3.05, 3.63) is 66.2 Å². The number of carbonyl (C=O) groups is 1. The number of benzene rings is 2. The molecule has 1 atom stereocenters. The van der Waals surface area contributed by atoms with Gasteiger partial charge in [-0.2, -0.15) is 0 Å². The molecule has 0 aliphatic heterocycles. The van der Waals surface area contributed by atoms with E-state index < -0.39 is 5.54 Å². The fourth-order valence-corrected chi connectivity index (χ4v) is 3.35. The first-order valence-corrected chi connectivity index (χ1v) is 7.72. The monoisotopic (exact) mass is 301 g/mol. The van der Waals surface area contributed by atoms with Crippen LogP contribution in [0.5, 0.6) is 0 Å². The average Bonchev–Trinajstić information content (AvgIpc) is 2.57. The van der Waals surface area contributed by atoms with Crippen LogP contribution in [0.15, 0.2) is 65.6 Å². The molecule has 0 saturated carbocycles. The fraction of sp³-hybridized carbons (Fsp3) is 0.235. The number of thioether (sulfide) groups is 1. The summed E-state index contributed by atoms with van der Waals surface area (Å²) in [6.07, 6.45) is 0. The van der Waals surface area contributed by atoms with Gasteiger partial charge in [-0.15, -0.1) is 11.8 Å².